The number of aromatic nitrogens is 1. The summed E-state index contributed by atoms with van der Waals surface area (Å²) >= 11 is 0. The SMILES string of the molecule is COC(=O)C(Cc1ccc(O)cc1)NC(=O)c1ccc2ccccc2n1. The second-order valence-corrected chi connectivity index (χ2v) is 5.81. The summed E-state index contributed by atoms with van der Waals surface area (Å²) < 4.78 is 4.79. The van der Waals surface area contributed by atoms with Crippen LogP contribution in [0.5, 0.6) is 5.75 Å². The van der Waals surface area contributed by atoms with Crippen LogP contribution in [0.4, 0.5) is 0 Å². The van der Waals surface area contributed by atoms with Gasteiger partial charge in [0.1, 0.15) is 17.5 Å². The van der Waals surface area contributed by atoms with Crippen molar-refractivity contribution in [3.8, 4) is 5.75 Å². The fourth-order valence-corrected chi connectivity index (χ4v) is 2.63. The maximum atomic E-state index is 12.5. The monoisotopic (exact) mass is 350 g/mol. The molecule has 1 atom stereocenters. The lowest BCUT2D eigenvalue weighted by molar-refractivity contribution is -0.142. The number of amides is 1. The fraction of sp³-hybridized carbons (Fsp3) is 0.150. The van der Waals surface area contributed by atoms with Gasteiger partial charge < -0.3 is 15.2 Å². The molecule has 1 amide bonds. The largest absolute Gasteiger partial charge is 0.508 e. The highest BCUT2D eigenvalue weighted by molar-refractivity contribution is 5.97. The van der Waals surface area contributed by atoms with E-state index in [1.807, 2.05) is 30.3 Å². The molecule has 26 heavy (non-hydrogen) atoms. The molecule has 6 heteroatoms. The first kappa shape index (κ1) is 17.4. The van der Waals surface area contributed by atoms with E-state index in [0.29, 0.717) is 5.52 Å². The Kier molecular flexibility index (Phi) is 5.12. The van der Waals surface area contributed by atoms with E-state index in [2.05, 4.69) is 10.3 Å². The van der Waals surface area contributed by atoms with Gasteiger partial charge in [0.25, 0.3) is 5.91 Å². The molecule has 6 nitrogen and oxygen atoms in total. The molecule has 0 fully saturated rings. The second kappa shape index (κ2) is 7.65. The van der Waals surface area contributed by atoms with Crippen molar-refractivity contribution in [2.75, 3.05) is 7.11 Å². The summed E-state index contributed by atoms with van der Waals surface area (Å²) in [5, 5.41) is 13.0. The van der Waals surface area contributed by atoms with Gasteiger partial charge in [-0.05, 0) is 29.8 Å². The predicted octanol–water partition coefficient (Wildman–Crippen LogP) is 2.45. The van der Waals surface area contributed by atoms with Gasteiger partial charge in [0.2, 0.25) is 0 Å². The predicted molar refractivity (Wildman–Crippen MR) is 96.8 cm³/mol. The number of nitrogens with one attached hydrogen (secondary N) is 1. The van der Waals surface area contributed by atoms with Crippen LogP contribution in [0.1, 0.15) is 16.1 Å². The molecule has 1 heterocycles. The standard InChI is InChI=1S/C20H18N2O4/c1-26-20(25)18(12-13-6-9-15(23)10-7-13)22-19(24)17-11-8-14-4-2-3-5-16(14)21-17/h2-11,18,23H,12H2,1H3,(H,22,24). The topological polar surface area (TPSA) is 88.5 Å². The number of para-hydroxylation sites is 1. The molecule has 0 saturated carbocycles. The van der Waals surface area contributed by atoms with Crippen LogP contribution in [0.3, 0.4) is 0 Å². The number of rotatable bonds is 5. The quantitative estimate of drug-likeness (QED) is 0.690. The number of benzene rings is 2. The lowest BCUT2D eigenvalue weighted by Gasteiger charge is -2.16. The van der Waals surface area contributed by atoms with Gasteiger partial charge in [-0.2, -0.15) is 0 Å². The van der Waals surface area contributed by atoms with E-state index >= 15 is 0 Å². The van der Waals surface area contributed by atoms with E-state index in [1.54, 1.807) is 18.2 Å². The Balaban J connectivity index is 1.79. The molecule has 2 N–H and O–H groups in total. The Bertz CT molecular complexity index is 938. The zero-order chi connectivity index (χ0) is 18.5. The molecule has 0 spiro atoms. The molecular weight excluding hydrogens is 332 g/mol. The van der Waals surface area contributed by atoms with E-state index in [4.69, 9.17) is 4.74 Å². The third kappa shape index (κ3) is 3.97. The Morgan fingerprint density at radius 2 is 1.81 bits per heavy atom. The minimum Gasteiger partial charge on any atom is -0.508 e. The van der Waals surface area contributed by atoms with E-state index in [-0.39, 0.29) is 17.9 Å². The van der Waals surface area contributed by atoms with Crippen molar-refractivity contribution in [3.63, 3.8) is 0 Å². The fourth-order valence-electron chi connectivity index (χ4n) is 2.63. The van der Waals surface area contributed by atoms with Crippen LogP contribution in [0, 0.1) is 0 Å². The van der Waals surface area contributed by atoms with Crippen LogP contribution in [-0.2, 0) is 16.0 Å². The van der Waals surface area contributed by atoms with Gasteiger partial charge in [-0.15, -0.1) is 0 Å². The zero-order valence-corrected chi connectivity index (χ0v) is 14.2. The van der Waals surface area contributed by atoms with E-state index in [1.165, 1.54) is 19.2 Å². The molecule has 0 bridgehead atoms. The summed E-state index contributed by atoms with van der Waals surface area (Å²) in [7, 11) is 1.27. The third-order valence-corrected chi connectivity index (χ3v) is 4.00. The van der Waals surface area contributed by atoms with Crippen molar-refractivity contribution in [1.82, 2.24) is 10.3 Å². The Morgan fingerprint density at radius 1 is 1.08 bits per heavy atom. The van der Waals surface area contributed by atoms with Crippen LogP contribution in [0.25, 0.3) is 10.9 Å². The number of aromatic hydroxyl groups is 1. The number of phenols is 1. The second-order valence-electron chi connectivity index (χ2n) is 5.81. The first-order valence-electron chi connectivity index (χ1n) is 8.09. The molecule has 132 valence electrons. The molecule has 0 radical (unpaired) electrons. The van der Waals surface area contributed by atoms with Crippen molar-refractivity contribution in [2.45, 2.75) is 12.5 Å². The molecule has 3 rings (SSSR count). The summed E-state index contributed by atoms with van der Waals surface area (Å²) in [4.78, 5) is 28.9. The highest BCUT2D eigenvalue weighted by Gasteiger charge is 2.23. The smallest absolute Gasteiger partial charge is 0.328 e. The highest BCUT2D eigenvalue weighted by Crippen LogP contribution is 2.14. The van der Waals surface area contributed by atoms with E-state index in [9.17, 15) is 14.7 Å². The number of carbonyl (C=O) groups is 2. The lowest BCUT2D eigenvalue weighted by atomic mass is 10.1. The van der Waals surface area contributed by atoms with E-state index in [0.717, 1.165) is 10.9 Å². The van der Waals surface area contributed by atoms with Gasteiger partial charge >= 0.3 is 5.97 Å². The van der Waals surface area contributed by atoms with Gasteiger partial charge in [-0.25, -0.2) is 9.78 Å². The zero-order valence-electron chi connectivity index (χ0n) is 14.2. The number of pyridine rings is 1. The van der Waals surface area contributed by atoms with Crippen LogP contribution in [0.2, 0.25) is 0 Å². The van der Waals surface area contributed by atoms with Crippen LogP contribution in [0.15, 0.2) is 60.7 Å². The number of nitrogens with zero attached hydrogens (tertiary/aromatic N) is 1. The van der Waals surface area contributed by atoms with Crippen LogP contribution < -0.4 is 5.32 Å². The summed E-state index contributed by atoms with van der Waals surface area (Å²) in [6.45, 7) is 0. The lowest BCUT2D eigenvalue weighted by Crippen LogP contribution is -2.43. The number of ether oxygens (including phenoxy) is 1. The normalized spacial score (nSPS) is 11.7. The summed E-state index contributed by atoms with van der Waals surface area (Å²) in [6.07, 6.45) is 0.242. The average Bonchev–Trinajstić information content (AvgIpc) is 2.68. The number of carbonyl (C=O) groups excluding carboxylic acids is 2. The summed E-state index contributed by atoms with van der Waals surface area (Å²) in [6, 6.07) is 16.5. The van der Waals surface area contributed by atoms with Crippen molar-refractivity contribution in [1.29, 1.82) is 0 Å². The Morgan fingerprint density at radius 3 is 2.54 bits per heavy atom. The van der Waals surface area contributed by atoms with Crippen LogP contribution in [-0.4, -0.2) is 35.1 Å². The van der Waals surface area contributed by atoms with E-state index < -0.39 is 17.9 Å². The molecule has 0 saturated heterocycles. The Hall–Kier alpha value is -3.41. The van der Waals surface area contributed by atoms with Gasteiger partial charge in [-0.1, -0.05) is 36.4 Å². The van der Waals surface area contributed by atoms with Crippen LogP contribution >= 0.6 is 0 Å². The summed E-state index contributed by atoms with van der Waals surface area (Å²) in [5.74, 6) is -0.870. The number of hydrogen-bond acceptors (Lipinski definition) is 5. The molecule has 0 aliphatic rings. The molecule has 3 aromatic rings. The molecule has 0 aliphatic heterocycles. The number of phenolic OH excluding ortho intramolecular Hbond substituents is 1. The number of hydrogen-bond donors (Lipinski definition) is 2. The van der Waals surface area contributed by atoms with Crippen molar-refractivity contribution in [2.24, 2.45) is 0 Å². The van der Waals surface area contributed by atoms with Gasteiger partial charge in [0.05, 0.1) is 12.6 Å². The molecule has 2 aromatic carbocycles. The third-order valence-electron chi connectivity index (χ3n) is 4.00. The molecular formula is C20H18N2O4. The Labute approximate surface area is 150 Å². The highest BCUT2D eigenvalue weighted by atomic mass is 16.5. The van der Waals surface area contributed by atoms with Crippen molar-refractivity contribution < 1.29 is 19.4 Å². The number of methoxy groups -OCH3 is 1. The maximum absolute atomic E-state index is 12.5. The number of fused-ring (bicyclic) bond motifs is 1. The van der Waals surface area contributed by atoms with Gasteiger partial charge in [0, 0.05) is 11.8 Å². The number of esters is 1. The molecule has 1 unspecified atom stereocenters. The minimum absolute atomic E-state index is 0.132. The minimum atomic E-state index is -0.856. The van der Waals surface area contributed by atoms with Crippen molar-refractivity contribution >= 4 is 22.8 Å². The average molecular weight is 350 g/mol. The first-order chi connectivity index (χ1) is 12.6. The van der Waals surface area contributed by atoms with Crippen molar-refractivity contribution in [3.05, 3.63) is 71.9 Å². The molecule has 0 aliphatic carbocycles. The molecule has 1 aromatic heterocycles. The first-order valence-corrected chi connectivity index (χ1v) is 8.09. The maximum Gasteiger partial charge on any atom is 0.328 e. The summed E-state index contributed by atoms with van der Waals surface area (Å²) in [5.41, 5.74) is 1.71. The van der Waals surface area contributed by atoms with Gasteiger partial charge in [-0.3, -0.25) is 4.79 Å². The van der Waals surface area contributed by atoms with Gasteiger partial charge in [0.15, 0.2) is 0 Å².